The van der Waals surface area contributed by atoms with Crippen molar-refractivity contribution in [3.05, 3.63) is 46.2 Å². The van der Waals surface area contributed by atoms with Crippen LogP contribution in [-0.4, -0.2) is 48.6 Å². The van der Waals surface area contributed by atoms with E-state index < -0.39 is 69.1 Å². The zero-order valence-electron chi connectivity index (χ0n) is 16.2. The number of hydrogen-bond donors (Lipinski definition) is 6. The van der Waals surface area contributed by atoms with Crippen molar-refractivity contribution >= 4 is 23.2 Å². The molecule has 158 valence electrons. The summed E-state index contributed by atoms with van der Waals surface area (Å²) in [4.78, 5) is 37.8. The van der Waals surface area contributed by atoms with Crippen molar-refractivity contribution in [2.45, 2.75) is 31.5 Å². The quantitative estimate of drug-likeness (QED) is 0.355. The van der Waals surface area contributed by atoms with Gasteiger partial charge in [-0.15, -0.1) is 0 Å². The Morgan fingerprint density at radius 2 is 1.80 bits per heavy atom. The smallest absolute Gasteiger partial charge is 0.255 e. The Balaban J connectivity index is 2.04. The Labute approximate surface area is 170 Å². The van der Waals surface area contributed by atoms with Gasteiger partial charge in [-0.05, 0) is 25.0 Å². The van der Waals surface area contributed by atoms with E-state index in [2.05, 4.69) is 0 Å². The number of ketones is 2. The summed E-state index contributed by atoms with van der Waals surface area (Å²) in [6.45, 7) is 2.80. The maximum absolute atomic E-state index is 13.4. The van der Waals surface area contributed by atoms with Gasteiger partial charge in [-0.1, -0.05) is 19.1 Å². The van der Waals surface area contributed by atoms with Crippen molar-refractivity contribution in [1.82, 2.24) is 0 Å². The minimum Gasteiger partial charge on any atom is -0.508 e. The van der Waals surface area contributed by atoms with Crippen LogP contribution in [0.15, 0.2) is 35.1 Å². The summed E-state index contributed by atoms with van der Waals surface area (Å²) in [6.07, 6.45) is -0.160. The number of carbonyl (C=O) groups is 3. The molecule has 0 saturated heterocycles. The first-order valence-corrected chi connectivity index (χ1v) is 9.39. The van der Waals surface area contributed by atoms with Crippen LogP contribution in [0.25, 0.3) is 5.76 Å². The van der Waals surface area contributed by atoms with Gasteiger partial charge in [0, 0.05) is 23.3 Å². The van der Waals surface area contributed by atoms with Gasteiger partial charge in [-0.25, -0.2) is 0 Å². The third kappa shape index (κ3) is 2.16. The highest BCUT2D eigenvalue weighted by molar-refractivity contribution is 6.23. The predicted octanol–water partition coefficient (Wildman–Crippen LogP) is 0.335. The number of aliphatic hydroxyl groups is 4. The zero-order valence-corrected chi connectivity index (χ0v) is 16.2. The molecule has 3 aliphatic carbocycles. The van der Waals surface area contributed by atoms with Crippen molar-refractivity contribution in [3.63, 3.8) is 0 Å². The molecule has 30 heavy (non-hydrogen) atoms. The Hall–Kier alpha value is -3.17. The fourth-order valence-electron chi connectivity index (χ4n) is 5.20. The highest BCUT2D eigenvalue weighted by atomic mass is 16.3. The lowest BCUT2D eigenvalue weighted by Crippen LogP contribution is -2.62. The molecule has 9 nitrogen and oxygen atoms in total. The molecule has 1 amide bonds. The summed E-state index contributed by atoms with van der Waals surface area (Å²) >= 11 is 0. The number of Topliss-reactive ketones (excluding diaryl/α,β-unsaturated/α-hetero) is 2. The number of benzene rings is 1. The van der Waals surface area contributed by atoms with Gasteiger partial charge in [0.05, 0.1) is 11.2 Å². The average molecular weight is 415 g/mol. The SMILES string of the molecule is C[C@@H]1C(=O)C(C(N)=O)=C(O)[C@@]2(O)C(=O)C3=C(O)c4c(O)cccc4[C@@](C)(O)[C@H]3C[C@@H]12. The Morgan fingerprint density at radius 1 is 1.17 bits per heavy atom. The second-order valence-electron chi connectivity index (χ2n) is 8.34. The minimum atomic E-state index is -2.69. The van der Waals surface area contributed by atoms with Crippen LogP contribution in [0, 0.1) is 17.8 Å². The Bertz CT molecular complexity index is 1100. The monoisotopic (exact) mass is 415 g/mol. The van der Waals surface area contributed by atoms with Gasteiger partial charge in [0.25, 0.3) is 5.91 Å². The molecule has 0 aromatic heterocycles. The number of hydrogen-bond acceptors (Lipinski definition) is 8. The van der Waals surface area contributed by atoms with Crippen molar-refractivity contribution < 1.29 is 39.9 Å². The van der Waals surface area contributed by atoms with Gasteiger partial charge >= 0.3 is 0 Å². The van der Waals surface area contributed by atoms with Gasteiger partial charge in [0.1, 0.15) is 22.8 Å². The number of phenolic OH excluding ortho intramolecular Hbond substituents is 1. The minimum absolute atomic E-state index is 0.160. The molecule has 0 radical (unpaired) electrons. The molecule has 0 heterocycles. The summed E-state index contributed by atoms with van der Waals surface area (Å²) in [5.74, 6) is -8.73. The zero-order chi connectivity index (χ0) is 22.3. The second-order valence-corrected chi connectivity index (χ2v) is 8.34. The second kappa shape index (κ2) is 5.93. The molecule has 5 atom stereocenters. The number of nitrogens with two attached hydrogens (primary N) is 1. The van der Waals surface area contributed by atoms with Gasteiger partial charge in [-0.2, -0.15) is 0 Å². The van der Waals surface area contributed by atoms with Crippen molar-refractivity contribution in [1.29, 1.82) is 0 Å². The first kappa shape index (κ1) is 20.1. The molecule has 1 aromatic carbocycles. The molecule has 0 bridgehead atoms. The summed E-state index contributed by atoms with van der Waals surface area (Å²) < 4.78 is 0. The number of aromatic hydroxyl groups is 1. The van der Waals surface area contributed by atoms with Crippen LogP contribution in [0.1, 0.15) is 31.4 Å². The fourth-order valence-corrected chi connectivity index (χ4v) is 5.20. The molecule has 4 rings (SSSR count). The summed E-state index contributed by atoms with van der Waals surface area (Å²) in [5.41, 5.74) is -0.480. The van der Waals surface area contributed by atoms with E-state index in [9.17, 15) is 39.9 Å². The van der Waals surface area contributed by atoms with Crippen LogP contribution in [0.5, 0.6) is 5.75 Å². The third-order valence-electron chi connectivity index (χ3n) is 6.83. The summed E-state index contributed by atoms with van der Waals surface area (Å²) in [7, 11) is 0. The number of amides is 1. The van der Waals surface area contributed by atoms with Crippen LogP contribution in [-0.2, 0) is 20.0 Å². The van der Waals surface area contributed by atoms with E-state index in [-0.39, 0.29) is 23.3 Å². The maximum atomic E-state index is 13.4. The molecule has 3 aliphatic rings. The van der Waals surface area contributed by atoms with E-state index in [0.717, 1.165) is 0 Å². The van der Waals surface area contributed by atoms with Crippen LogP contribution in [0.4, 0.5) is 0 Å². The predicted molar refractivity (Wildman–Crippen MR) is 102 cm³/mol. The highest BCUT2D eigenvalue weighted by Crippen LogP contribution is 2.57. The van der Waals surface area contributed by atoms with Crippen molar-refractivity contribution in [2.75, 3.05) is 0 Å². The normalized spacial score (nSPS) is 35.7. The molecule has 0 spiro atoms. The molecule has 9 heteroatoms. The van der Waals surface area contributed by atoms with Crippen LogP contribution in [0.2, 0.25) is 0 Å². The van der Waals surface area contributed by atoms with E-state index in [1.165, 1.54) is 32.0 Å². The maximum Gasteiger partial charge on any atom is 0.255 e. The van der Waals surface area contributed by atoms with Crippen LogP contribution in [0.3, 0.4) is 0 Å². The molecule has 1 saturated carbocycles. The van der Waals surface area contributed by atoms with Crippen LogP contribution >= 0.6 is 0 Å². The lowest BCUT2D eigenvalue weighted by molar-refractivity contribution is -0.157. The Morgan fingerprint density at radius 3 is 2.40 bits per heavy atom. The third-order valence-corrected chi connectivity index (χ3v) is 6.83. The fraction of sp³-hybridized carbons (Fsp3) is 0.381. The van der Waals surface area contributed by atoms with Crippen molar-refractivity contribution in [3.8, 4) is 5.75 Å². The molecule has 0 aliphatic heterocycles. The van der Waals surface area contributed by atoms with E-state index >= 15 is 0 Å². The Kier molecular flexibility index (Phi) is 3.98. The lowest BCUT2D eigenvalue weighted by Gasteiger charge is -2.51. The topological polar surface area (TPSA) is 178 Å². The molecule has 0 unspecified atom stereocenters. The number of fused-ring (bicyclic) bond motifs is 3. The average Bonchev–Trinajstić information content (AvgIpc) is 2.66. The first-order chi connectivity index (χ1) is 13.9. The van der Waals surface area contributed by atoms with Gasteiger partial charge in [0.2, 0.25) is 5.78 Å². The lowest BCUT2D eigenvalue weighted by atomic mass is 9.53. The van der Waals surface area contributed by atoms with E-state index in [1.54, 1.807) is 0 Å². The van der Waals surface area contributed by atoms with E-state index in [4.69, 9.17) is 5.73 Å². The van der Waals surface area contributed by atoms with E-state index in [0.29, 0.717) is 0 Å². The van der Waals surface area contributed by atoms with E-state index in [1.807, 2.05) is 0 Å². The summed E-state index contributed by atoms with van der Waals surface area (Å²) in [6, 6.07) is 4.23. The first-order valence-electron chi connectivity index (χ1n) is 9.39. The van der Waals surface area contributed by atoms with Gasteiger partial charge in [0.15, 0.2) is 11.4 Å². The van der Waals surface area contributed by atoms with Gasteiger partial charge in [-0.3, -0.25) is 14.4 Å². The highest BCUT2D eigenvalue weighted by Gasteiger charge is 2.65. The number of phenols is 1. The molecule has 1 fully saturated rings. The van der Waals surface area contributed by atoms with Crippen LogP contribution < -0.4 is 5.73 Å². The number of primary amides is 1. The molecular weight excluding hydrogens is 394 g/mol. The van der Waals surface area contributed by atoms with Gasteiger partial charge < -0.3 is 31.3 Å². The molecule has 7 N–H and O–H groups in total. The number of rotatable bonds is 1. The van der Waals surface area contributed by atoms with Crippen molar-refractivity contribution in [2.24, 2.45) is 23.5 Å². The standard InChI is InChI=1S/C21H21NO8/c1-7-9-6-10-13(16(25)12-8(20(10,2)29)4-3-5-11(12)23)17(26)21(9,30)18(27)14(15(7)24)19(22)28/h3-5,7,9-10,23,25,27,29-30H,6H2,1-2H3,(H2,22,28)/t7-,9-,10-,20+,21-/m0/s1. The molecular formula is C21H21NO8. The largest absolute Gasteiger partial charge is 0.508 e. The summed E-state index contributed by atoms with van der Waals surface area (Å²) in [5, 5.41) is 54.2. The number of carbonyl (C=O) groups excluding carboxylic acids is 3. The number of aliphatic hydroxyl groups excluding tert-OH is 2. The molecule has 1 aromatic rings.